The van der Waals surface area contributed by atoms with Crippen molar-refractivity contribution in [3.8, 4) is 0 Å². The van der Waals surface area contributed by atoms with Gasteiger partial charge in [0.25, 0.3) is 0 Å². The SMILES string of the molecule is CC(C)CC[C@H](O)[C@H](N)c1ccccc1I. The lowest BCUT2D eigenvalue weighted by molar-refractivity contribution is 0.128. The fourth-order valence-electron chi connectivity index (χ4n) is 1.64. The molecule has 0 unspecified atom stereocenters. The summed E-state index contributed by atoms with van der Waals surface area (Å²) in [6.45, 7) is 4.31. The predicted molar refractivity (Wildman–Crippen MR) is 76.2 cm³/mol. The molecular formula is C13H20INO. The standard InChI is InChI=1S/C13H20INO/c1-9(2)7-8-12(16)13(15)10-5-3-4-6-11(10)14/h3-6,9,12-13,16H,7-8,15H2,1-2H3/t12-,13+/m0/s1. The molecule has 1 aromatic carbocycles. The van der Waals surface area contributed by atoms with Crippen LogP contribution in [0.4, 0.5) is 0 Å². The molecular weight excluding hydrogens is 313 g/mol. The Labute approximate surface area is 111 Å². The largest absolute Gasteiger partial charge is 0.391 e. The third-order valence-corrected chi connectivity index (χ3v) is 3.70. The quantitative estimate of drug-likeness (QED) is 0.814. The van der Waals surface area contributed by atoms with Crippen molar-refractivity contribution in [3.63, 3.8) is 0 Å². The summed E-state index contributed by atoms with van der Waals surface area (Å²) >= 11 is 2.26. The van der Waals surface area contributed by atoms with Crippen LogP contribution in [0.5, 0.6) is 0 Å². The van der Waals surface area contributed by atoms with Gasteiger partial charge < -0.3 is 10.8 Å². The minimum atomic E-state index is -0.446. The molecule has 0 radical (unpaired) electrons. The molecule has 2 atom stereocenters. The minimum absolute atomic E-state index is 0.271. The van der Waals surface area contributed by atoms with Gasteiger partial charge in [-0.3, -0.25) is 0 Å². The molecule has 0 heterocycles. The highest BCUT2D eigenvalue weighted by Gasteiger charge is 2.18. The minimum Gasteiger partial charge on any atom is -0.391 e. The van der Waals surface area contributed by atoms with Gasteiger partial charge in [0.1, 0.15) is 0 Å². The lowest BCUT2D eigenvalue weighted by atomic mass is 9.96. The fraction of sp³-hybridized carbons (Fsp3) is 0.538. The summed E-state index contributed by atoms with van der Waals surface area (Å²) in [6.07, 6.45) is 1.33. The second-order valence-electron chi connectivity index (χ2n) is 4.59. The number of aliphatic hydroxyl groups excluding tert-OH is 1. The van der Waals surface area contributed by atoms with Gasteiger partial charge in [-0.15, -0.1) is 0 Å². The number of hydrogen-bond donors (Lipinski definition) is 2. The molecule has 1 aromatic rings. The fourth-order valence-corrected chi connectivity index (χ4v) is 2.38. The van der Waals surface area contributed by atoms with E-state index in [4.69, 9.17) is 5.73 Å². The van der Waals surface area contributed by atoms with E-state index in [-0.39, 0.29) is 6.04 Å². The van der Waals surface area contributed by atoms with Gasteiger partial charge in [0.15, 0.2) is 0 Å². The van der Waals surface area contributed by atoms with Crippen LogP contribution >= 0.6 is 22.6 Å². The van der Waals surface area contributed by atoms with Crippen molar-refractivity contribution in [2.24, 2.45) is 11.7 Å². The number of hydrogen-bond acceptors (Lipinski definition) is 2. The molecule has 0 amide bonds. The molecule has 0 bridgehead atoms. The van der Waals surface area contributed by atoms with Crippen molar-refractivity contribution in [2.75, 3.05) is 0 Å². The van der Waals surface area contributed by atoms with Crippen molar-refractivity contribution in [1.82, 2.24) is 0 Å². The van der Waals surface area contributed by atoms with Crippen molar-refractivity contribution in [1.29, 1.82) is 0 Å². The zero-order chi connectivity index (χ0) is 12.1. The number of aliphatic hydroxyl groups is 1. The summed E-state index contributed by atoms with van der Waals surface area (Å²) in [5.74, 6) is 0.608. The highest BCUT2D eigenvalue weighted by Crippen LogP contribution is 2.23. The van der Waals surface area contributed by atoms with Crippen LogP contribution in [-0.2, 0) is 0 Å². The average Bonchev–Trinajstić information content (AvgIpc) is 2.25. The van der Waals surface area contributed by atoms with Gasteiger partial charge >= 0.3 is 0 Å². The van der Waals surface area contributed by atoms with Crippen molar-refractivity contribution in [2.45, 2.75) is 38.8 Å². The first-order valence-electron chi connectivity index (χ1n) is 5.70. The molecule has 0 aromatic heterocycles. The zero-order valence-electron chi connectivity index (χ0n) is 9.86. The highest BCUT2D eigenvalue weighted by atomic mass is 127. The molecule has 90 valence electrons. The predicted octanol–water partition coefficient (Wildman–Crippen LogP) is 3.09. The van der Waals surface area contributed by atoms with Gasteiger partial charge in [0, 0.05) is 3.57 Å². The molecule has 3 N–H and O–H groups in total. The van der Waals surface area contributed by atoms with Crippen molar-refractivity contribution >= 4 is 22.6 Å². The van der Waals surface area contributed by atoms with E-state index in [1.165, 1.54) is 0 Å². The Balaban J connectivity index is 2.63. The van der Waals surface area contributed by atoms with Gasteiger partial charge in [-0.05, 0) is 53.0 Å². The van der Waals surface area contributed by atoms with E-state index in [0.717, 1.165) is 22.0 Å². The van der Waals surface area contributed by atoms with E-state index in [1.54, 1.807) is 0 Å². The maximum absolute atomic E-state index is 10.0. The Kier molecular flexibility index (Phi) is 5.72. The summed E-state index contributed by atoms with van der Waals surface area (Å²) in [7, 11) is 0. The summed E-state index contributed by atoms with van der Waals surface area (Å²) in [6, 6.07) is 7.69. The zero-order valence-corrected chi connectivity index (χ0v) is 12.0. The van der Waals surface area contributed by atoms with Gasteiger partial charge in [-0.25, -0.2) is 0 Å². The first kappa shape index (κ1) is 13.9. The molecule has 3 heteroatoms. The maximum Gasteiger partial charge on any atom is 0.0733 e. The van der Waals surface area contributed by atoms with Gasteiger partial charge in [0.05, 0.1) is 12.1 Å². The van der Waals surface area contributed by atoms with E-state index in [1.807, 2.05) is 24.3 Å². The number of halogens is 1. The Morgan fingerprint density at radius 2 is 1.88 bits per heavy atom. The van der Waals surface area contributed by atoms with E-state index < -0.39 is 6.10 Å². The van der Waals surface area contributed by atoms with Crippen LogP contribution in [0.3, 0.4) is 0 Å². The summed E-state index contributed by atoms with van der Waals surface area (Å²) in [4.78, 5) is 0. The molecule has 0 fully saturated rings. The Morgan fingerprint density at radius 1 is 1.25 bits per heavy atom. The Morgan fingerprint density at radius 3 is 2.44 bits per heavy atom. The van der Waals surface area contributed by atoms with Crippen LogP contribution in [-0.4, -0.2) is 11.2 Å². The number of nitrogens with two attached hydrogens (primary N) is 1. The normalized spacial score (nSPS) is 15.1. The monoisotopic (exact) mass is 333 g/mol. The Bertz CT molecular complexity index is 327. The summed E-state index contributed by atoms with van der Waals surface area (Å²) < 4.78 is 1.12. The number of benzene rings is 1. The van der Waals surface area contributed by atoms with Crippen molar-refractivity contribution < 1.29 is 5.11 Å². The third kappa shape index (κ3) is 4.03. The molecule has 0 aliphatic carbocycles. The van der Waals surface area contributed by atoms with Crippen LogP contribution in [0.15, 0.2) is 24.3 Å². The Hall–Kier alpha value is -0.130. The highest BCUT2D eigenvalue weighted by molar-refractivity contribution is 14.1. The smallest absolute Gasteiger partial charge is 0.0733 e. The van der Waals surface area contributed by atoms with E-state index in [9.17, 15) is 5.11 Å². The van der Waals surface area contributed by atoms with Gasteiger partial charge in [-0.1, -0.05) is 32.0 Å². The van der Waals surface area contributed by atoms with Gasteiger partial charge in [0.2, 0.25) is 0 Å². The lowest BCUT2D eigenvalue weighted by Crippen LogP contribution is -2.27. The molecule has 0 aliphatic heterocycles. The van der Waals surface area contributed by atoms with E-state index in [2.05, 4.69) is 36.4 Å². The summed E-state index contributed by atoms with van der Waals surface area (Å²) in [5.41, 5.74) is 7.11. The van der Waals surface area contributed by atoms with Crippen LogP contribution in [0.2, 0.25) is 0 Å². The lowest BCUT2D eigenvalue weighted by Gasteiger charge is -2.21. The van der Waals surface area contributed by atoms with E-state index in [0.29, 0.717) is 5.92 Å². The van der Waals surface area contributed by atoms with E-state index >= 15 is 0 Å². The second kappa shape index (κ2) is 6.57. The average molecular weight is 333 g/mol. The molecule has 16 heavy (non-hydrogen) atoms. The second-order valence-corrected chi connectivity index (χ2v) is 5.75. The topological polar surface area (TPSA) is 46.2 Å². The molecule has 0 aliphatic rings. The maximum atomic E-state index is 10.0. The molecule has 2 nitrogen and oxygen atoms in total. The first-order valence-corrected chi connectivity index (χ1v) is 6.78. The molecule has 1 rings (SSSR count). The van der Waals surface area contributed by atoms with Crippen LogP contribution in [0, 0.1) is 9.49 Å². The van der Waals surface area contributed by atoms with Crippen LogP contribution in [0.25, 0.3) is 0 Å². The summed E-state index contributed by atoms with van der Waals surface area (Å²) in [5, 5.41) is 10.0. The molecule has 0 saturated heterocycles. The van der Waals surface area contributed by atoms with Crippen LogP contribution in [0.1, 0.15) is 38.3 Å². The first-order chi connectivity index (χ1) is 7.52. The van der Waals surface area contributed by atoms with Crippen LogP contribution < -0.4 is 5.73 Å². The van der Waals surface area contributed by atoms with Crippen molar-refractivity contribution in [3.05, 3.63) is 33.4 Å². The third-order valence-electron chi connectivity index (χ3n) is 2.72. The van der Waals surface area contributed by atoms with Gasteiger partial charge in [-0.2, -0.15) is 0 Å². The molecule has 0 spiro atoms. The number of rotatable bonds is 5. The molecule has 0 saturated carbocycles.